The van der Waals surface area contributed by atoms with Crippen LogP contribution in [0.5, 0.6) is 5.75 Å². The number of nitrogens with zero attached hydrogens (tertiary/aromatic N) is 1. The van der Waals surface area contributed by atoms with E-state index in [1.165, 1.54) is 0 Å². The normalized spacial score (nSPS) is 11.5. The van der Waals surface area contributed by atoms with E-state index in [9.17, 15) is 13.2 Å². The zero-order chi connectivity index (χ0) is 15.2. The number of rotatable bonds is 8. The molecule has 0 aliphatic carbocycles. The highest BCUT2D eigenvalue weighted by Gasteiger charge is 2.22. The van der Waals surface area contributed by atoms with E-state index in [0.717, 1.165) is 4.31 Å². The smallest absolute Gasteiger partial charge is 0.232 e. The van der Waals surface area contributed by atoms with E-state index in [0.29, 0.717) is 11.4 Å². The number of amides is 1. The maximum Gasteiger partial charge on any atom is 0.232 e. The third-order valence-electron chi connectivity index (χ3n) is 2.60. The summed E-state index contributed by atoms with van der Waals surface area (Å²) in [6.07, 6.45) is 0. The molecule has 0 unspecified atom stereocenters. The summed E-state index contributed by atoms with van der Waals surface area (Å²) in [5.41, 5.74) is 11.1. The zero-order valence-corrected chi connectivity index (χ0v) is 12.1. The van der Waals surface area contributed by atoms with Gasteiger partial charge < -0.3 is 16.2 Å². The number of nitrogens with two attached hydrogens (primary N) is 2. The van der Waals surface area contributed by atoms with E-state index in [4.69, 9.17) is 16.2 Å². The number of nitrogen functional groups attached to an aromatic ring is 1. The van der Waals surface area contributed by atoms with Gasteiger partial charge in [0.15, 0.2) is 0 Å². The number of sulfonamides is 1. The number of carbonyl (C=O) groups excluding carboxylic acids is 1. The molecule has 0 bridgehead atoms. The Morgan fingerprint density at radius 2 is 2.00 bits per heavy atom. The van der Waals surface area contributed by atoms with Crippen molar-refractivity contribution in [2.75, 3.05) is 31.2 Å². The third kappa shape index (κ3) is 4.71. The molecule has 0 saturated heterocycles. The number of ether oxygens (including phenoxy) is 1. The molecule has 7 nitrogen and oxygen atoms in total. The Balaban J connectivity index is 2.59. The molecule has 0 heterocycles. The Hall–Kier alpha value is -1.80. The van der Waals surface area contributed by atoms with Crippen LogP contribution in [0.25, 0.3) is 0 Å². The minimum absolute atomic E-state index is 0.0498. The predicted octanol–water partition coefficient (Wildman–Crippen LogP) is -0.215. The molecule has 20 heavy (non-hydrogen) atoms. The van der Waals surface area contributed by atoms with Gasteiger partial charge in [-0.1, -0.05) is 19.1 Å². The van der Waals surface area contributed by atoms with Crippen LogP contribution in [-0.4, -0.2) is 44.1 Å². The molecule has 0 spiro atoms. The van der Waals surface area contributed by atoms with Crippen LogP contribution in [-0.2, 0) is 14.8 Å². The lowest BCUT2D eigenvalue weighted by molar-refractivity contribution is -0.118. The number of benzene rings is 1. The number of primary amides is 1. The fourth-order valence-electron chi connectivity index (χ4n) is 1.58. The molecule has 0 radical (unpaired) electrons. The van der Waals surface area contributed by atoms with E-state index >= 15 is 0 Å². The topological polar surface area (TPSA) is 116 Å². The molecule has 0 aromatic heterocycles. The van der Waals surface area contributed by atoms with Crippen LogP contribution in [0.4, 0.5) is 5.69 Å². The van der Waals surface area contributed by atoms with E-state index in [2.05, 4.69) is 0 Å². The zero-order valence-electron chi connectivity index (χ0n) is 11.3. The fraction of sp³-hybridized carbons (Fsp3) is 0.417. The van der Waals surface area contributed by atoms with Crippen LogP contribution in [0.3, 0.4) is 0 Å². The van der Waals surface area contributed by atoms with Crippen molar-refractivity contribution < 1.29 is 17.9 Å². The van der Waals surface area contributed by atoms with Gasteiger partial charge in [-0.2, -0.15) is 4.31 Å². The van der Waals surface area contributed by atoms with Gasteiger partial charge in [0, 0.05) is 6.54 Å². The molecule has 8 heteroatoms. The van der Waals surface area contributed by atoms with Crippen molar-refractivity contribution in [1.29, 1.82) is 0 Å². The molecular formula is C12H19N3O4S. The average molecular weight is 301 g/mol. The molecule has 0 atom stereocenters. The quantitative estimate of drug-likeness (QED) is 0.644. The van der Waals surface area contributed by atoms with Crippen molar-refractivity contribution in [3.63, 3.8) is 0 Å². The molecule has 0 fully saturated rings. The Bertz CT molecular complexity index is 560. The van der Waals surface area contributed by atoms with Gasteiger partial charge in [-0.15, -0.1) is 0 Å². The summed E-state index contributed by atoms with van der Waals surface area (Å²) in [6.45, 7) is 1.44. The lowest BCUT2D eigenvalue weighted by Gasteiger charge is -2.19. The monoisotopic (exact) mass is 301 g/mol. The standard InChI is InChI=1S/C12H19N3O4S/c1-2-15(9-12(14)16)20(17,18)8-7-19-11-6-4-3-5-10(11)13/h3-6H,2,7-9,13H2,1H3,(H2,14,16). The maximum atomic E-state index is 12.0. The van der Waals surface area contributed by atoms with Gasteiger partial charge in [-0.25, -0.2) is 8.42 Å². The van der Waals surface area contributed by atoms with Gasteiger partial charge in [0.2, 0.25) is 15.9 Å². The number of para-hydroxylation sites is 2. The van der Waals surface area contributed by atoms with Crippen LogP contribution in [0.15, 0.2) is 24.3 Å². The summed E-state index contributed by atoms with van der Waals surface area (Å²) < 4.78 is 30.3. The Kier molecular flexibility index (Phi) is 5.78. The summed E-state index contributed by atoms with van der Waals surface area (Å²) in [7, 11) is -3.58. The summed E-state index contributed by atoms with van der Waals surface area (Å²) in [4.78, 5) is 10.8. The highest BCUT2D eigenvalue weighted by molar-refractivity contribution is 7.89. The first-order valence-electron chi connectivity index (χ1n) is 6.10. The number of carbonyl (C=O) groups is 1. The second-order valence-corrected chi connectivity index (χ2v) is 6.18. The van der Waals surface area contributed by atoms with Crippen molar-refractivity contribution in [2.24, 2.45) is 5.73 Å². The van der Waals surface area contributed by atoms with E-state index in [-0.39, 0.29) is 25.4 Å². The Morgan fingerprint density at radius 3 is 2.55 bits per heavy atom. The van der Waals surface area contributed by atoms with Gasteiger partial charge in [-0.05, 0) is 12.1 Å². The Morgan fingerprint density at radius 1 is 1.35 bits per heavy atom. The second-order valence-electron chi connectivity index (χ2n) is 4.09. The SMILES string of the molecule is CCN(CC(N)=O)S(=O)(=O)CCOc1ccccc1N. The molecular weight excluding hydrogens is 282 g/mol. The lowest BCUT2D eigenvalue weighted by Crippen LogP contribution is -2.40. The van der Waals surface area contributed by atoms with Crippen molar-refractivity contribution in [1.82, 2.24) is 4.31 Å². The van der Waals surface area contributed by atoms with Crippen LogP contribution >= 0.6 is 0 Å². The van der Waals surface area contributed by atoms with Gasteiger partial charge in [0.05, 0.1) is 18.0 Å². The van der Waals surface area contributed by atoms with Crippen molar-refractivity contribution in [3.8, 4) is 5.75 Å². The van der Waals surface area contributed by atoms with Crippen LogP contribution in [0, 0.1) is 0 Å². The van der Waals surface area contributed by atoms with Crippen LogP contribution in [0.2, 0.25) is 0 Å². The fourth-order valence-corrected chi connectivity index (χ4v) is 2.85. The first-order chi connectivity index (χ1) is 9.36. The molecule has 1 aromatic rings. The molecule has 4 N–H and O–H groups in total. The van der Waals surface area contributed by atoms with Crippen molar-refractivity contribution in [3.05, 3.63) is 24.3 Å². The van der Waals surface area contributed by atoms with Gasteiger partial charge in [-0.3, -0.25) is 4.79 Å². The molecule has 0 aliphatic rings. The van der Waals surface area contributed by atoms with Gasteiger partial charge in [0.25, 0.3) is 0 Å². The number of anilines is 1. The second kappa shape index (κ2) is 7.11. The third-order valence-corrected chi connectivity index (χ3v) is 4.45. The van der Waals surface area contributed by atoms with Crippen LogP contribution < -0.4 is 16.2 Å². The first-order valence-corrected chi connectivity index (χ1v) is 7.71. The van der Waals surface area contributed by atoms with Crippen LogP contribution in [0.1, 0.15) is 6.92 Å². The molecule has 0 saturated carbocycles. The van der Waals surface area contributed by atoms with Gasteiger partial charge >= 0.3 is 0 Å². The summed E-state index contributed by atoms with van der Waals surface area (Å²) >= 11 is 0. The van der Waals surface area contributed by atoms with E-state index in [1.54, 1.807) is 31.2 Å². The summed E-state index contributed by atoms with van der Waals surface area (Å²) in [5, 5.41) is 0. The largest absolute Gasteiger partial charge is 0.490 e. The highest BCUT2D eigenvalue weighted by atomic mass is 32.2. The number of likely N-dealkylation sites (N-methyl/N-ethyl adjacent to an activating group) is 1. The molecule has 1 rings (SSSR count). The minimum atomic E-state index is -3.58. The lowest BCUT2D eigenvalue weighted by atomic mass is 10.3. The van der Waals surface area contributed by atoms with Crippen molar-refractivity contribution in [2.45, 2.75) is 6.92 Å². The number of hydrogen-bond acceptors (Lipinski definition) is 5. The summed E-state index contributed by atoms with van der Waals surface area (Å²) in [6, 6.07) is 6.81. The minimum Gasteiger partial charge on any atom is -0.490 e. The van der Waals surface area contributed by atoms with E-state index < -0.39 is 15.9 Å². The average Bonchev–Trinajstić information content (AvgIpc) is 2.37. The van der Waals surface area contributed by atoms with Gasteiger partial charge in [0.1, 0.15) is 12.4 Å². The maximum absolute atomic E-state index is 12.0. The van der Waals surface area contributed by atoms with E-state index in [1.807, 2.05) is 0 Å². The number of hydrogen-bond donors (Lipinski definition) is 2. The molecule has 1 aromatic carbocycles. The van der Waals surface area contributed by atoms with Crippen molar-refractivity contribution >= 4 is 21.6 Å². The summed E-state index contributed by atoms with van der Waals surface area (Å²) in [5.74, 6) is -0.507. The Labute approximate surface area is 118 Å². The highest BCUT2D eigenvalue weighted by Crippen LogP contribution is 2.19. The molecule has 1 amide bonds. The molecule has 0 aliphatic heterocycles. The first kappa shape index (κ1) is 16.3. The molecule has 112 valence electrons. The predicted molar refractivity (Wildman–Crippen MR) is 76.6 cm³/mol.